The van der Waals surface area contributed by atoms with Gasteiger partial charge in [0.25, 0.3) is 11.7 Å². The van der Waals surface area contributed by atoms with Gasteiger partial charge in [0.1, 0.15) is 35.7 Å². The number of furan rings is 1. The van der Waals surface area contributed by atoms with Crippen molar-refractivity contribution in [2.75, 3.05) is 30.0 Å². The van der Waals surface area contributed by atoms with E-state index < -0.39 is 17.7 Å². The lowest BCUT2D eigenvalue weighted by molar-refractivity contribution is -0.132. The Morgan fingerprint density at radius 1 is 1.09 bits per heavy atom. The second-order valence-corrected chi connectivity index (χ2v) is 8.91. The molecule has 1 saturated heterocycles. The van der Waals surface area contributed by atoms with Gasteiger partial charge in [-0.25, -0.2) is 0 Å². The number of halogens is 1. The van der Waals surface area contributed by atoms with Crippen molar-refractivity contribution in [3.05, 3.63) is 81.8 Å². The summed E-state index contributed by atoms with van der Waals surface area (Å²) >= 11 is 6.33. The van der Waals surface area contributed by atoms with Crippen molar-refractivity contribution in [3.8, 4) is 5.75 Å². The molecule has 0 saturated carbocycles. The summed E-state index contributed by atoms with van der Waals surface area (Å²) in [6, 6.07) is 12.8. The fraction of sp³-hybridized carbons (Fsp3) is 0.231. The molecule has 0 spiro atoms. The van der Waals surface area contributed by atoms with Crippen LogP contribution in [0.25, 0.3) is 5.76 Å². The van der Waals surface area contributed by atoms with Crippen LogP contribution in [0.4, 0.5) is 11.4 Å². The van der Waals surface area contributed by atoms with Gasteiger partial charge < -0.3 is 19.2 Å². The van der Waals surface area contributed by atoms with Crippen LogP contribution < -0.4 is 14.5 Å². The van der Waals surface area contributed by atoms with Gasteiger partial charge in [0.05, 0.1) is 17.8 Å². The number of Topliss-reactive ketones (excluding diaryl/α,β-unsaturated/α-hetero) is 1. The molecule has 2 aromatic carbocycles. The monoisotopic (exact) mass is 478 g/mol. The minimum atomic E-state index is -0.947. The SMILES string of the molecule is Cc1ccc(C2/C(=C(/O)c3ccc4c(c3)N(C)CCO4)C(=O)C(=O)N2c2ccc(C)c(Cl)c2)o1. The van der Waals surface area contributed by atoms with Crippen molar-refractivity contribution in [1.82, 2.24) is 0 Å². The first kappa shape index (κ1) is 22.1. The number of aliphatic hydroxyl groups is 1. The summed E-state index contributed by atoms with van der Waals surface area (Å²) in [5, 5.41) is 11.8. The lowest BCUT2D eigenvalue weighted by atomic mass is 9.98. The Balaban J connectivity index is 1.69. The maximum atomic E-state index is 13.3. The number of amides is 1. The summed E-state index contributed by atoms with van der Waals surface area (Å²) in [6.45, 7) is 4.89. The van der Waals surface area contributed by atoms with E-state index in [4.69, 9.17) is 20.8 Å². The van der Waals surface area contributed by atoms with Crippen LogP contribution in [0.1, 0.15) is 28.7 Å². The molecular weight excluding hydrogens is 456 g/mol. The maximum absolute atomic E-state index is 13.3. The van der Waals surface area contributed by atoms with Gasteiger partial charge in [-0.05, 0) is 61.9 Å². The van der Waals surface area contributed by atoms with Crippen LogP contribution in [-0.4, -0.2) is 37.0 Å². The summed E-state index contributed by atoms with van der Waals surface area (Å²) in [4.78, 5) is 29.9. The number of likely N-dealkylation sites (N-methyl/N-ethyl adjacent to an activating group) is 1. The van der Waals surface area contributed by atoms with Gasteiger partial charge >= 0.3 is 0 Å². The molecule has 2 aliphatic rings. The maximum Gasteiger partial charge on any atom is 0.300 e. The highest BCUT2D eigenvalue weighted by atomic mass is 35.5. The zero-order chi connectivity index (χ0) is 24.1. The summed E-state index contributed by atoms with van der Waals surface area (Å²) in [7, 11) is 1.93. The third kappa shape index (κ3) is 3.53. The average Bonchev–Trinajstić information content (AvgIpc) is 3.36. The Kier molecular flexibility index (Phi) is 5.37. The van der Waals surface area contributed by atoms with Crippen LogP contribution in [-0.2, 0) is 9.59 Å². The number of aliphatic hydroxyl groups excluding tert-OH is 1. The Labute approximate surface area is 201 Å². The predicted molar refractivity (Wildman–Crippen MR) is 130 cm³/mol. The lowest BCUT2D eigenvalue weighted by Gasteiger charge is -2.28. The molecule has 34 heavy (non-hydrogen) atoms. The highest BCUT2D eigenvalue weighted by Crippen LogP contribution is 2.44. The van der Waals surface area contributed by atoms with E-state index in [2.05, 4.69) is 0 Å². The van der Waals surface area contributed by atoms with E-state index in [1.165, 1.54) is 4.90 Å². The molecule has 2 aliphatic heterocycles. The van der Waals surface area contributed by atoms with Crippen molar-refractivity contribution >= 4 is 40.4 Å². The van der Waals surface area contributed by atoms with E-state index in [1.807, 2.05) is 18.9 Å². The first-order valence-electron chi connectivity index (χ1n) is 10.9. The van der Waals surface area contributed by atoms with Crippen LogP contribution in [0.15, 0.2) is 58.5 Å². The van der Waals surface area contributed by atoms with Crippen LogP contribution in [0.2, 0.25) is 5.02 Å². The van der Waals surface area contributed by atoms with Crippen molar-refractivity contribution < 1.29 is 23.8 Å². The first-order chi connectivity index (χ1) is 16.3. The minimum Gasteiger partial charge on any atom is -0.507 e. The molecule has 1 aromatic heterocycles. The number of aryl methyl sites for hydroxylation is 2. The molecule has 174 valence electrons. The number of ketones is 1. The molecule has 1 fully saturated rings. The van der Waals surface area contributed by atoms with E-state index >= 15 is 0 Å². The van der Waals surface area contributed by atoms with Crippen molar-refractivity contribution in [2.45, 2.75) is 19.9 Å². The topological polar surface area (TPSA) is 83.2 Å². The number of hydrogen-bond acceptors (Lipinski definition) is 6. The number of benzene rings is 2. The number of carbonyl (C=O) groups is 2. The van der Waals surface area contributed by atoms with Gasteiger partial charge in [-0.2, -0.15) is 0 Å². The third-order valence-corrected chi connectivity index (χ3v) is 6.64. The van der Waals surface area contributed by atoms with Crippen LogP contribution in [0.5, 0.6) is 5.75 Å². The number of ether oxygens (including phenoxy) is 1. The van der Waals surface area contributed by atoms with E-state index in [0.717, 1.165) is 11.3 Å². The number of carbonyl (C=O) groups excluding carboxylic acids is 2. The van der Waals surface area contributed by atoms with Crippen LogP contribution >= 0.6 is 11.6 Å². The quantitative estimate of drug-likeness (QED) is 0.324. The average molecular weight is 479 g/mol. The van der Waals surface area contributed by atoms with E-state index in [1.54, 1.807) is 55.5 Å². The first-order valence-corrected chi connectivity index (χ1v) is 11.3. The molecule has 7 nitrogen and oxygen atoms in total. The number of hydrogen-bond donors (Lipinski definition) is 1. The Hall–Kier alpha value is -3.71. The van der Waals surface area contributed by atoms with Gasteiger partial charge in [-0.3, -0.25) is 14.5 Å². The second-order valence-electron chi connectivity index (χ2n) is 8.50. The van der Waals surface area contributed by atoms with E-state index in [9.17, 15) is 14.7 Å². The van der Waals surface area contributed by atoms with Crippen molar-refractivity contribution in [1.29, 1.82) is 0 Å². The summed E-state index contributed by atoms with van der Waals surface area (Å²) in [5.74, 6) is -0.156. The molecule has 0 aliphatic carbocycles. The van der Waals surface area contributed by atoms with Gasteiger partial charge in [0.15, 0.2) is 0 Å². The Bertz CT molecular complexity index is 1360. The smallest absolute Gasteiger partial charge is 0.300 e. The molecule has 3 heterocycles. The van der Waals surface area contributed by atoms with Gasteiger partial charge in [0, 0.05) is 23.3 Å². The number of rotatable bonds is 3. The molecular formula is C26H23ClN2O5. The molecule has 3 aromatic rings. The Morgan fingerprint density at radius 2 is 1.88 bits per heavy atom. The molecule has 5 rings (SSSR count). The van der Waals surface area contributed by atoms with Crippen LogP contribution in [0, 0.1) is 13.8 Å². The summed E-state index contributed by atoms with van der Waals surface area (Å²) in [6.07, 6.45) is 0. The largest absolute Gasteiger partial charge is 0.507 e. The minimum absolute atomic E-state index is 0.0459. The van der Waals surface area contributed by atoms with Gasteiger partial charge in [0.2, 0.25) is 0 Å². The lowest BCUT2D eigenvalue weighted by Crippen LogP contribution is -2.29. The Morgan fingerprint density at radius 3 is 2.59 bits per heavy atom. The van der Waals surface area contributed by atoms with E-state index in [0.29, 0.717) is 46.7 Å². The van der Waals surface area contributed by atoms with E-state index in [-0.39, 0.29) is 11.3 Å². The van der Waals surface area contributed by atoms with Gasteiger partial charge in [-0.15, -0.1) is 0 Å². The second kappa shape index (κ2) is 8.25. The number of anilines is 2. The highest BCUT2D eigenvalue weighted by molar-refractivity contribution is 6.51. The highest BCUT2D eigenvalue weighted by Gasteiger charge is 2.48. The van der Waals surface area contributed by atoms with Crippen LogP contribution in [0.3, 0.4) is 0 Å². The molecule has 0 radical (unpaired) electrons. The standard InChI is InChI=1S/C26H23ClN2O5/c1-14-4-7-17(13-18(14)27)29-23(21-8-5-15(2)34-21)22(25(31)26(29)32)24(30)16-6-9-20-19(12-16)28(3)10-11-33-20/h4-9,12-13,23,30H,10-11H2,1-3H3/b24-22-. The fourth-order valence-electron chi connectivity index (χ4n) is 4.35. The van der Waals surface area contributed by atoms with Gasteiger partial charge in [-0.1, -0.05) is 17.7 Å². The molecule has 1 unspecified atom stereocenters. The van der Waals surface area contributed by atoms with Crippen molar-refractivity contribution in [2.24, 2.45) is 0 Å². The number of nitrogens with zero attached hydrogens (tertiary/aromatic N) is 2. The summed E-state index contributed by atoms with van der Waals surface area (Å²) in [5.41, 5.74) is 2.43. The molecule has 1 amide bonds. The number of fused-ring (bicyclic) bond motifs is 1. The zero-order valence-corrected chi connectivity index (χ0v) is 19.7. The normalized spacial score (nSPS) is 19.4. The molecule has 0 bridgehead atoms. The molecule has 8 heteroatoms. The molecule has 1 atom stereocenters. The molecule has 1 N–H and O–H groups in total. The predicted octanol–water partition coefficient (Wildman–Crippen LogP) is 5.00. The fourth-order valence-corrected chi connectivity index (χ4v) is 4.53. The van der Waals surface area contributed by atoms with Crippen molar-refractivity contribution in [3.63, 3.8) is 0 Å². The third-order valence-electron chi connectivity index (χ3n) is 6.24. The zero-order valence-electron chi connectivity index (χ0n) is 19.0. The summed E-state index contributed by atoms with van der Waals surface area (Å²) < 4.78 is 11.5.